The molecule has 0 atom stereocenters. The van der Waals surface area contributed by atoms with Crippen LogP contribution in [-0.4, -0.2) is 19.2 Å². The number of carbonyl (C=O) groups is 1. The fourth-order valence-electron chi connectivity index (χ4n) is 1.67. The Kier molecular flexibility index (Phi) is 5.87. The largest absolute Gasteiger partial charge is 0.466 e. The summed E-state index contributed by atoms with van der Waals surface area (Å²) in [5.41, 5.74) is 6.38. The molecule has 1 aromatic rings. The number of esters is 1. The summed E-state index contributed by atoms with van der Waals surface area (Å²) in [4.78, 5) is 11.5. The van der Waals surface area contributed by atoms with Crippen LogP contribution in [0.5, 0.6) is 5.75 Å². The van der Waals surface area contributed by atoms with E-state index in [2.05, 4.69) is 4.74 Å². The van der Waals surface area contributed by atoms with Crippen molar-refractivity contribution in [3.63, 3.8) is 0 Å². The molecule has 0 bridgehead atoms. The predicted molar refractivity (Wildman–Crippen MR) is 66.0 cm³/mol. The van der Waals surface area contributed by atoms with Gasteiger partial charge < -0.3 is 15.2 Å². The van der Waals surface area contributed by atoms with Gasteiger partial charge in [0.15, 0.2) is 0 Å². The first-order valence-electron chi connectivity index (χ1n) is 5.88. The van der Waals surface area contributed by atoms with E-state index < -0.39 is 12.6 Å². The van der Waals surface area contributed by atoms with Gasteiger partial charge in [0.1, 0.15) is 11.8 Å². The number of nitrogens with zero attached hydrogens (tertiary/aromatic N) is 1. The number of hydrogen-bond donors (Lipinski definition) is 1. The van der Waals surface area contributed by atoms with Gasteiger partial charge in [-0.05, 0) is 30.2 Å². The molecule has 2 N–H and O–H groups in total. The Labute approximate surface area is 114 Å². The molecule has 0 saturated carbocycles. The lowest BCUT2D eigenvalue weighted by atomic mass is 10.0. The fraction of sp³-hybridized carbons (Fsp3) is 0.385. The quantitative estimate of drug-likeness (QED) is 0.804. The number of benzene rings is 1. The van der Waals surface area contributed by atoms with Gasteiger partial charge in [0, 0.05) is 6.54 Å². The number of alkyl halides is 2. The minimum absolute atomic E-state index is 0.0571. The molecule has 0 radical (unpaired) electrons. The normalized spacial score (nSPS) is 10.2. The maximum absolute atomic E-state index is 12.3. The first-order valence-corrected chi connectivity index (χ1v) is 5.88. The highest BCUT2D eigenvalue weighted by molar-refractivity contribution is 5.73. The summed E-state index contributed by atoms with van der Waals surface area (Å²) in [6, 6.07) is 4.32. The summed E-state index contributed by atoms with van der Waals surface area (Å²) in [5.74, 6) is -0.783. The number of ether oxygens (including phenoxy) is 2. The zero-order valence-electron chi connectivity index (χ0n) is 10.9. The van der Waals surface area contributed by atoms with E-state index in [9.17, 15) is 13.6 Å². The average molecular weight is 284 g/mol. The summed E-state index contributed by atoms with van der Waals surface area (Å²) < 4.78 is 33.6. The van der Waals surface area contributed by atoms with Gasteiger partial charge in [-0.15, -0.1) is 0 Å². The Morgan fingerprint density at radius 3 is 2.65 bits per heavy atom. The Balaban J connectivity index is 3.14. The first kappa shape index (κ1) is 15.9. The van der Waals surface area contributed by atoms with Crippen LogP contribution in [0, 0.1) is 11.3 Å². The van der Waals surface area contributed by atoms with Crippen LogP contribution >= 0.6 is 0 Å². The van der Waals surface area contributed by atoms with Crippen molar-refractivity contribution < 1.29 is 23.0 Å². The third kappa shape index (κ3) is 4.17. The molecule has 5 nitrogen and oxygen atoms in total. The summed E-state index contributed by atoms with van der Waals surface area (Å²) in [7, 11) is 0. The molecule has 20 heavy (non-hydrogen) atoms. The standard InChI is InChI=1S/C13H14F2N2O3/c1-2-19-12(18)5-8-4-11(20-13(14)15)10(7-17)3-9(8)6-16/h3-4,13H,2,5-6,16H2,1H3. The lowest BCUT2D eigenvalue weighted by Crippen LogP contribution is -2.12. The fourth-order valence-corrected chi connectivity index (χ4v) is 1.67. The van der Waals surface area contributed by atoms with E-state index in [-0.39, 0.29) is 30.9 Å². The van der Waals surface area contributed by atoms with E-state index in [1.54, 1.807) is 13.0 Å². The Morgan fingerprint density at radius 2 is 2.15 bits per heavy atom. The highest BCUT2D eigenvalue weighted by Gasteiger charge is 2.16. The lowest BCUT2D eigenvalue weighted by molar-refractivity contribution is -0.142. The minimum atomic E-state index is -3.05. The number of nitriles is 1. The second-order valence-electron chi connectivity index (χ2n) is 3.79. The summed E-state index contributed by atoms with van der Waals surface area (Å²) in [6.45, 7) is -1.11. The van der Waals surface area contributed by atoms with Gasteiger partial charge in [0.2, 0.25) is 0 Å². The molecular formula is C13H14F2N2O3. The number of rotatable bonds is 6. The van der Waals surface area contributed by atoms with Crippen molar-refractivity contribution in [3.8, 4) is 11.8 Å². The predicted octanol–water partition coefficient (Wildman–Crippen LogP) is 1.72. The highest BCUT2D eigenvalue weighted by Crippen LogP contribution is 2.25. The van der Waals surface area contributed by atoms with Crippen LogP contribution in [-0.2, 0) is 22.5 Å². The zero-order valence-corrected chi connectivity index (χ0v) is 10.9. The van der Waals surface area contributed by atoms with E-state index in [0.717, 1.165) is 0 Å². The van der Waals surface area contributed by atoms with Crippen molar-refractivity contribution in [3.05, 3.63) is 28.8 Å². The number of nitrogens with two attached hydrogens (primary N) is 1. The number of halogens is 2. The van der Waals surface area contributed by atoms with Crippen LogP contribution in [0.1, 0.15) is 23.6 Å². The minimum Gasteiger partial charge on any atom is -0.466 e. The molecule has 0 aromatic heterocycles. The van der Waals surface area contributed by atoms with Crippen LogP contribution in [0.4, 0.5) is 8.78 Å². The van der Waals surface area contributed by atoms with Crippen LogP contribution < -0.4 is 10.5 Å². The zero-order chi connectivity index (χ0) is 15.1. The first-order chi connectivity index (χ1) is 9.51. The molecule has 0 fully saturated rings. The van der Waals surface area contributed by atoms with Crippen molar-refractivity contribution in [1.29, 1.82) is 5.26 Å². The van der Waals surface area contributed by atoms with Crippen molar-refractivity contribution in [2.24, 2.45) is 5.73 Å². The lowest BCUT2D eigenvalue weighted by Gasteiger charge is -2.12. The highest BCUT2D eigenvalue weighted by atomic mass is 19.3. The molecule has 1 rings (SSSR count). The van der Waals surface area contributed by atoms with Gasteiger partial charge in [-0.2, -0.15) is 14.0 Å². The van der Waals surface area contributed by atoms with E-state index in [1.807, 2.05) is 0 Å². The van der Waals surface area contributed by atoms with Crippen molar-refractivity contribution in [2.75, 3.05) is 6.61 Å². The summed E-state index contributed by atoms with van der Waals surface area (Å²) in [5, 5.41) is 8.90. The monoisotopic (exact) mass is 284 g/mol. The molecule has 0 aliphatic heterocycles. The smallest absolute Gasteiger partial charge is 0.387 e. The molecule has 0 aliphatic rings. The van der Waals surface area contributed by atoms with Crippen LogP contribution in [0.15, 0.2) is 12.1 Å². The Morgan fingerprint density at radius 1 is 1.45 bits per heavy atom. The second-order valence-corrected chi connectivity index (χ2v) is 3.79. The summed E-state index contributed by atoms with van der Waals surface area (Å²) >= 11 is 0. The van der Waals surface area contributed by atoms with E-state index >= 15 is 0 Å². The third-order valence-electron chi connectivity index (χ3n) is 2.50. The molecular weight excluding hydrogens is 270 g/mol. The van der Waals surface area contributed by atoms with Gasteiger partial charge in [-0.3, -0.25) is 4.79 Å². The maximum atomic E-state index is 12.3. The number of carbonyl (C=O) groups excluding carboxylic acids is 1. The molecule has 0 saturated heterocycles. The van der Waals surface area contributed by atoms with E-state index in [1.165, 1.54) is 12.1 Å². The van der Waals surface area contributed by atoms with Crippen molar-refractivity contribution in [1.82, 2.24) is 0 Å². The molecule has 0 unspecified atom stereocenters. The maximum Gasteiger partial charge on any atom is 0.387 e. The van der Waals surface area contributed by atoms with Crippen LogP contribution in [0.3, 0.4) is 0 Å². The number of hydrogen-bond acceptors (Lipinski definition) is 5. The molecule has 0 aliphatic carbocycles. The average Bonchev–Trinajstić information content (AvgIpc) is 2.38. The van der Waals surface area contributed by atoms with Crippen molar-refractivity contribution >= 4 is 5.97 Å². The van der Waals surface area contributed by atoms with Crippen molar-refractivity contribution in [2.45, 2.75) is 26.5 Å². The molecule has 7 heteroatoms. The molecule has 108 valence electrons. The second kappa shape index (κ2) is 7.40. The van der Waals surface area contributed by atoms with Gasteiger partial charge in [-0.25, -0.2) is 0 Å². The summed E-state index contributed by atoms with van der Waals surface area (Å²) in [6.07, 6.45) is -0.119. The van der Waals surface area contributed by atoms with Crippen LogP contribution in [0.2, 0.25) is 0 Å². The van der Waals surface area contributed by atoms with Gasteiger partial charge in [-0.1, -0.05) is 0 Å². The van der Waals surface area contributed by atoms with E-state index in [4.69, 9.17) is 15.7 Å². The topological polar surface area (TPSA) is 85.3 Å². The third-order valence-corrected chi connectivity index (χ3v) is 2.50. The van der Waals surface area contributed by atoms with Crippen LogP contribution in [0.25, 0.3) is 0 Å². The van der Waals surface area contributed by atoms with E-state index in [0.29, 0.717) is 11.1 Å². The SMILES string of the molecule is CCOC(=O)Cc1cc(OC(F)F)c(C#N)cc1CN. The Hall–Kier alpha value is -2.20. The Bertz CT molecular complexity index is 527. The molecule has 0 amide bonds. The molecule has 0 spiro atoms. The van der Waals surface area contributed by atoms with Gasteiger partial charge in [0.25, 0.3) is 0 Å². The van der Waals surface area contributed by atoms with Gasteiger partial charge >= 0.3 is 12.6 Å². The van der Waals surface area contributed by atoms with Gasteiger partial charge in [0.05, 0.1) is 18.6 Å². The molecule has 1 aromatic carbocycles. The molecule has 0 heterocycles.